The van der Waals surface area contributed by atoms with Gasteiger partial charge in [0.15, 0.2) is 0 Å². The summed E-state index contributed by atoms with van der Waals surface area (Å²) in [6, 6.07) is 4.57. The smallest absolute Gasteiger partial charge is 0.0279 e. The highest BCUT2D eigenvalue weighted by Gasteiger charge is 2.25. The molecule has 1 atom stereocenters. The van der Waals surface area contributed by atoms with Crippen molar-refractivity contribution < 1.29 is 0 Å². The average molecular weight is 233 g/mol. The van der Waals surface area contributed by atoms with Crippen LogP contribution in [0.3, 0.4) is 0 Å². The first-order valence-electron chi connectivity index (χ1n) is 6.64. The minimum atomic E-state index is 0.407. The molecule has 0 radical (unpaired) electrons. The standard InChI is InChI=1S/C14H23N3/c1-11-2-4-13(5-3-11)14(17-15)10-12-6-8-16-9-7-12/h6-9,11,13-14,17H,2-5,10,15H2,1H3. The molecule has 1 aromatic rings. The van der Waals surface area contributed by atoms with Gasteiger partial charge in [-0.1, -0.05) is 19.8 Å². The van der Waals surface area contributed by atoms with Gasteiger partial charge in [-0.2, -0.15) is 0 Å². The summed E-state index contributed by atoms with van der Waals surface area (Å²) < 4.78 is 0. The molecule has 1 aromatic heterocycles. The molecule has 0 aliphatic heterocycles. The molecule has 0 amide bonds. The molecule has 1 aliphatic carbocycles. The van der Waals surface area contributed by atoms with Crippen molar-refractivity contribution >= 4 is 0 Å². The third-order valence-electron chi connectivity index (χ3n) is 4.05. The second-order valence-corrected chi connectivity index (χ2v) is 5.35. The molecule has 0 saturated heterocycles. The van der Waals surface area contributed by atoms with Gasteiger partial charge >= 0.3 is 0 Å². The van der Waals surface area contributed by atoms with Crippen LogP contribution in [-0.4, -0.2) is 11.0 Å². The maximum absolute atomic E-state index is 5.72. The van der Waals surface area contributed by atoms with Crippen LogP contribution >= 0.6 is 0 Å². The van der Waals surface area contributed by atoms with Gasteiger partial charge in [-0.05, 0) is 48.8 Å². The van der Waals surface area contributed by atoms with E-state index in [2.05, 4.69) is 29.5 Å². The van der Waals surface area contributed by atoms with E-state index in [0.717, 1.165) is 18.3 Å². The van der Waals surface area contributed by atoms with Gasteiger partial charge in [-0.3, -0.25) is 16.3 Å². The van der Waals surface area contributed by atoms with Gasteiger partial charge in [0.2, 0.25) is 0 Å². The summed E-state index contributed by atoms with van der Waals surface area (Å²) in [6.45, 7) is 2.35. The van der Waals surface area contributed by atoms with Crippen LogP contribution in [0.1, 0.15) is 38.2 Å². The number of aromatic nitrogens is 1. The third kappa shape index (κ3) is 3.51. The molecule has 94 valence electrons. The largest absolute Gasteiger partial charge is 0.271 e. The number of hydrogen-bond donors (Lipinski definition) is 2. The zero-order valence-corrected chi connectivity index (χ0v) is 10.6. The molecule has 1 saturated carbocycles. The lowest BCUT2D eigenvalue weighted by Gasteiger charge is -2.32. The lowest BCUT2D eigenvalue weighted by Crippen LogP contribution is -2.43. The highest BCUT2D eigenvalue weighted by atomic mass is 15.2. The molecule has 1 aliphatic rings. The molecular weight excluding hydrogens is 210 g/mol. The van der Waals surface area contributed by atoms with E-state index < -0.39 is 0 Å². The van der Waals surface area contributed by atoms with Crippen molar-refractivity contribution in [2.45, 2.75) is 45.1 Å². The molecule has 2 rings (SSSR count). The van der Waals surface area contributed by atoms with Crippen LogP contribution in [0.15, 0.2) is 24.5 Å². The first-order valence-corrected chi connectivity index (χ1v) is 6.64. The molecule has 3 N–H and O–H groups in total. The number of nitrogens with two attached hydrogens (primary N) is 1. The Labute approximate surface area is 104 Å². The van der Waals surface area contributed by atoms with Crippen LogP contribution in [0.25, 0.3) is 0 Å². The van der Waals surface area contributed by atoms with Gasteiger partial charge in [0.1, 0.15) is 0 Å². The van der Waals surface area contributed by atoms with E-state index in [1.165, 1.54) is 31.2 Å². The van der Waals surface area contributed by atoms with E-state index >= 15 is 0 Å². The second kappa shape index (κ2) is 6.12. The van der Waals surface area contributed by atoms with Crippen LogP contribution in [0.5, 0.6) is 0 Å². The SMILES string of the molecule is CC1CCC(C(Cc2ccncc2)NN)CC1. The fraction of sp³-hybridized carbons (Fsp3) is 0.643. The number of pyridine rings is 1. The summed E-state index contributed by atoms with van der Waals surface area (Å²) in [5, 5.41) is 0. The Hall–Kier alpha value is -0.930. The average Bonchev–Trinajstić information content (AvgIpc) is 2.38. The predicted molar refractivity (Wildman–Crippen MR) is 70.2 cm³/mol. The van der Waals surface area contributed by atoms with E-state index in [4.69, 9.17) is 5.84 Å². The van der Waals surface area contributed by atoms with Crippen molar-refractivity contribution in [1.29, 1.82) is 0 Å². The van der Waals surface area contributed by atoms with E-state index in [1.807, 2.05) is 12.4 Å². The van der Waals surface area contributed by atoms with E-state index in [9.17, 15) is 0 Å². The summed E-state index contributed by atoms with van der Waals surface area (Å²) in [7, 11) is 0. The molecule has 1 fully saturated rings. The van der Waals surface area contributed by atoms with Crippen molar-refractivity contribution in [2.24, 2.45) is 17.7 Å². The number of nitrogens with one attached hydrogen (secondary N) is 1. The van der Waals surface area contributed by atoms with E-state index in [0.29, 0.717) is 6.04 Å². The summed E-state index contributed by atoms with van der Waals surface area (Å²) in [5.41, 5.74) is 4.34. The Bertz CT molecular complexity index is 317. The molecule has 1 unspecified atom stereocenters. The Morgan fingerprint density at radius 2 is 1.94 bits per heavy atom. The first-order chi connectivity index (χ1) is 8.29. The van der Waals surface area contributed by atoms with Crippen LogP contribution in [0, 0.1) is 11.8 Å². The molecule has 0 bridgehead atoms. The fourth-order valence-corrected chi connectivity index (χ4v) is 2.82. The number of rotatable bonds is 4. The van der Waals surface area contributed by atoms with Gasteiger partial charge in [-0.15, -0.1) is 0 Å². The van der Waals surface area contributed by atoms with Gasteiger partial charge in [0.05, 0.1) is 0 Å². The highest BCUT2D eigenvalue weighted by molar-refractivity contribution is 5.11. The van der Waals surface area contributed by atoms with Crippen molar-refractivity contribution in [3.8, 4) is 0 Å². The predicted octanol–water partition coefficient (Wildman–Crippen LogP) is 2.28. The molecule has 3 heteroatoms. The summed E-state index contributed by atoms with van der Waals surface area (Å²) in [4.78, 5) is 4.05. The second-order valence-electron chi connectivity index (χ2n) is 5.35. The number of hydrogen-bond acceptors (Lipinski definition) is 3. The minimum absolute atomic E-state index is 0.407. The van der Waals surface area contributed by atoms with Gasteiger partial charge in [-0.25, -0.2) is 0 Å². The fourth-order valence-electron chi connectivity index (χ4n) is 2.82. The van der Waals surface area contributed by atoms with Gasteiger partial charge in [0, 0.05) is 18.4 Å². The Balaban J connectivity index is 1.92. The van der Waals surface area contributed by atoms with Crippen molar-refractivity contribution in [2.75, 3.05) is 0 Å². The lowest BCUT2D eigenvalue weighted by molar-refractivity contribution is 0.229. The van der Waals surface area contributed by atoms with Crippen LogP contribution in [0.2, 0.25) is 0 Å². The summed E-state index contributed by atoms with van der Waals surface area (Å²) in [6.07, 6.45) is 10.0. The Morgan fingerprint density at radius 1 is 1.29 bits per heavy atom. The van der Waals surface area contributed by atoms with E-state index in [1.54, 1.807) is 0 Å². The van der Waals surface area contributed by atoms with Crippen molar-refractivity contribution in [3.63, 3.8) is 0 Å². The summed E-state index contributed by atoms with van der Waals surface area (Å²) >= 11 is 0. The Kier molecular flexibility index (Phi) is 4.51. The molecule has 0 spiro atoms. The van der Waals surface area contributed by atoms with Crippen LogP contribution in [-0.2, 0) is 6.42 Å². The molecular formula is C14H23N3. The van der Waals surface area contributed by atoms with Crippen molar-refractivity contribution in [3.05, 3.63) is 30.1 Å². The third-order valence-corrected chi connectivity index (χ3v) is 4.05. The Morgan fingerprint density at radius 3 is 2.53 bits per heavy atom. The van der Waals surface area contributed by atoms with Gasteiger partial charge in [0.25, 0.3) is 0 Å². The van der Waals surface area contributed by atoms with Crippen LogP contribution < -0.4 is 11.3 Å². The quantitative estimate of drug-likeness (QED) is 0.619. The summed E-state index contributed by atoms with van der Waals surface area (Å²) in [5.74, 6) is 7.34. The first kappa shape index (κ1) is 12.5. The zero-order valence-electron chi connectivity index (χ0n) is 10.6. The lowest BCUT2D eigenvalue weighted by atomic mass is 9.78. The van der Waals surface area contributed by atoms with Crippen LogP contribution in [0.4, 0.5) is 0 Å². The minimum Gasteiger partial charge on any atom is -0.271 e. The molecule has 0 aromatic carbocycles. The maximum atomic E-state index is 5.72. The number of hydrazine groups is 1. The van der Waals surface area contributed by atoms with Crippen molar-refractivity contribution in [1.82, 2.24) is 10.4 Å². The normalized spacial score (nSPS) is 26.7. The monoisotopic (exact) mass is 233 g/mol. The molecule has 17 heavy (non-hydrogen) atoms. The zero-order chi connectivity index (χ0) is 12.1. The topological polar surface area (TPSA) is 50.9 Å². The highest BCUT2D eigenvalue weighted by Crippen LogP contribution is 2.31. The van der Waals surface area contributed by atoms with E-state index in [-0.39, 0.29) is 0 Å². The molecule has 1 heterocycles. The van der Waals surface area contributed by atoms with Gasteiger partial charge < -0.3 is 0 Å². The maximum Gasteiger partial charge on any atom is 0.0279 e. The molecule has 3 nitrogen and oxygen atoms in total. The number of nitrogens with zero attached hydrogens (tertiary/aromatic N) is 1.